The third-order valence-electron chi connectivity index (χ3n) is 3.98. The van der Waals surface area contributed by atoms with Crippen molar-refractivity contribution < 1.29 is 9.47 Å². The third kappa shape index (κ3) is 7.72. The Morgan fingerprint density at radius 3 is 2.63 bits per heavy atom. The maximum absolute atomic E-state index is 5.88. The van der Waals surface area contributed by atoms with Gasteiger partial charge in [0.2, 0.25) is 5.88 Å². The van der Waals surface area contributed by atoms with Crippen LogP contribution in [0.25, 0.3) is 0 Å². The summed E-state index contributed by atoms with van der Waals surface area (Å²) in [5.74, 6) is 2.09. The van der Waals surface area contributed by atoms with E-state index in [4.69, 9.17) is 9.47 Å². The molecule has 148 valence electrons. The minimum atomic E-state index is 0. The lowest BCUT2D eigenvalue weighted by atomic mass is 10.1. The van der Waals surface area contributed by atoms with Crippen LogP contribution in [0.5, 0.6) is 11.6 Å². The van der Waals surface area contributed by atoms with E-state index < -0.39 is 0 Å². The number of aliphatic imine (C=N–C) groups is 1. The highest BCUT2D eigenvalue weighted by Gasteiger charge is 2.06. The van der Waals surface area contributed by atoms with Crippen LogP contribution in [0.2, 0.25) is 0 Å². The fourth-order valence-corrected chi connectivity index (χ4v) is 2.42. The number of nitrogens with one attached hydrogen (secondary N) is 2. The van der Waals surface area contributed by atoms with Crippen LogP contribution < -0.4 is 15.4 Å². The summed E-state index contributed by atoms with van der Waals surface area (Å²) in [4.78, 5) is 8.52. The summed E-state index contributed by atoms with van der Waals surface area (Å²) in [5, 5.41) is 6.55. The molecule has 0 aliphatic carbocycles. The van der Waals surface area contributed by atoms with Gasteiger partial charge in [0.15, 0.2) is 5.96 Å². The Balaban J connectivity index is 0.00000364. The van der Waals surface area contributed by atoms with Crippen molar-refractivity contribution in [2.24, 2.45) is 4.99 Å². The lowest BCUT2D eigenvalue weighted by molar-refractivity contribution is 0.179. The molecule has 0 fully saturated rings. The smallest absolute Gasteiger partial charge is 0.219 e. The van der Waals surface area contributed by atoms with Crippen molar-refractivity contribution in [2.45, 2.75) is 33.4 Å². The molecule has 7 heteroatoms. The summed E-state index contributed by atoms with van der Waals surface area (Å²) >= 11 is 0. The molecule has 1 aromatic carbocycles. The van der Waals surface area contributed by atoms with E-state index in [2.05, 4.69) is 34.5 Å². The molecule has 0 aliphatic heterocycles. The molecule has 0 amide bonds. The van der Waals surface area contributed by atoms with E-state index in [0.29, 0.717) is 19.0 Å². The van der Waals surface area contributed by atoms with Crippen molar-refractivity contribution in [3.63, 3.8) is 0 Å². The molecular formula is C20H29IN4O2. The van der Waals surface area contributed by atoms with E-state index in [9.17, 15) is 0 Å². The van der Waals surface area contributed by atoms with Gasteiger partial charge in [0.05, 0.1) is 6.61 Å². The van der Waals surface area contributed by atoms with Crippen LogP contribution in [0, 0.1) is 13.8 Å². The first-order valence-corrected chi connectivity index (χ1v) is 8.68. The van der Waals surface area contributed by atoms with Crippen molar-refractivity contribution in [3.8, 4) is 11.6 Å². The van der Waals surface area contributed by atoms with Crippen LogP contribution in [0.3, 0.4) is 0 Å². The van der Waals surface area contributed by atoms with Crippen LogP contribution >= 0.6 is 24.0 Å². The Labute approximate surface area is 178 Å². The van der Waals surface area contributed by atoms with Crippen molar-refractivity contribution >= 4 is 29.9 Å². The third-order valence-corrected chi connectivity index (χ3v) is 3.98. The molecule has 2 N–H and O–H groups in total. The molecule has 1 heterocycles. The first kappa shape index (κ1) is 23.2. The van der Waals surface area contributed by atoms with Gasteiger partial charge in [0.25, 0.3) is 0 Å². The van der Waals surface area contributed by atoms with Crippen molar-refractivity contribution in [1.29, 1.82) is 0 Å². The summed E-state index contributed by atoms with van der Waals surface area (Å²) in [6.45, 7) is 7.42. The highest BCUT2D eigenvalue weighted by Crippen LogP contribution is 2.22. The minimum Gasteiger partial charge on any atom is -0.439 e. The van der Waals surface area contributed by atoms with E-state index in [1.54, 1.807) is 20.4 Å². The molecule has 0 bridgehead atoms. The number of aryl methyl sites for hydroxylation is 2. The number of nitrogens with zero attached hydrogens (tertiary/aromatic N) is 2. The van der Waals surface area contributed by atoms with Gasteiger partial charge in [0, 0.05) is 39.0 Å². The molecule has 2 rings (SSSR count). The van der Waals surface area contributed by atoms with Gasteiger partial charge < -0.3 is 20.1 Å². The van der Waals surface area contributed by atoms with Gasteiger partial charge in [-0.2, -0.15) is 0 Å². The van der Waals surface area contributed by atoms with Gasteiger partial charge in [-0.15, -0.1) is 24.0 Å². The molecule has 0 saturated heterocycles. The van der Waals surface area contributed by atoms with Gasteiger partial charge in [-0.25, -0.2) is 4.98 Å². The zero-order valence-corrected chi connectivity index (χ0v) is 18.9. The average molecular weight is 484 g/mol. The fraction of sp³-hybridized carbons (Fsp3) is 0.400. The summed E-state index contributed by atoms with van der Waals surface area (Å²) in [6, 6.07) is 10.1. The van der Waals surface area contributed by atoms with Crippen LogP contribution in [-0.2, 0) is 11.3 Å². The van der Waals surface area contributed by atoms with E-state index in [-0.39, 0.29) is 30.0 Å². The van der Waals surface area contributed by atoms with E-state index in [0.717, 1.165) is 17.3 Å². The fourth-order valence-electron chi connectivity index (χ4n) is 2.42. The molecule has 0 saturated carbocycles. The second-order valence-electron chi connectivity index (χ2n) is 6.28. The number of halogens is 1. The summed E-state index contributed by atoms with van der Waals surface area (Å²) in [5.41, 5.74) is 3.49. The lowest BCUT2D eigenvalue weighted by Gasteiger charge is -2.17. The number of guanidine groups is 1. The molecule has 0 radical (unpaired) electrons. The Kier molecular flexibility index (Phi) is 10.1. The molecular weight excluding hydrogens is 455 g/mol. The minimum absolute atomic E-state index is 0. The highest BCUT2D eigenvalue weighted by molar-refractivity contribution is 14.0. The first-order chi connectivity index (χ1) is 12.5. The first-order valence-electron chi connectivity index (χ1n) is 8.68. The van der Waals surface area contributed by atoms with E-state index >= 15 is 0 Å². The van der Waals surface area contributed by atoms with Crippen LogP contribution in [0.4, 0.5) is 0 Å². The average Bonchev–Trinajstić information content (AvgIpc) is 2.62. The van der Waals surface area contributed by atoms with E-state index in [1.807, 2.05) is 37.3 Å². The van der Waals surface area contributed by atoms with Crippen LogP contribution in [0.1, 0.15) is 23.6 Å². The SMILES string of the molecule is CN=C(NCc1ccnc(Oc2ccc(C)c(C)c2)c1)NC(C)COC.I. The molecule has 1 aromatic heterocycles. The number of hydrogen-bond acceptors (Lipinski definition) is 4. The number of aromatic nitrogens is 1. The summed E-state index contributed by atoms with van der Waals surface area (Å²) < 4.78 is 11.0. The maximum Gasteiger partial charge on any atom is 0.219 e. The Bertz CT molecular complexity index is 753. The topological polar surface area (TPSA) is 67.8 Å². The Morgan fingerprint density at radius 1 is 1.19 bits per heavy atom. The second-order valence-corrected chi connectivity index (χ2v) is 6.28. The largest absolute Gasteiger partial charge is 0.439 e. The van der Waals surface area contributed by atoms with E-state index in [1.165, 1.54) is 11.1 Å². The Hall–Kier alpha value is -1.87. The van der Waals surface area contributed by atoms with Gasteiger partial charge in [0.1, 0.15) is 5.75 Å². The number of methoxy groups -OCH3 is 1. The molecule has 2 aromatic rings. The zero-order chi connectivity index (χ0) is 18.9. The number of ether oxygens (including phenoxy) is 2. The number of rotatable bonds is 7. The normalized spacial score (nSPS) is 12.1. The van der Waals surface area contributed by atoms with Crippen molar-refractivity contribution in [1.82, 2.24) is 15.6 Å². The molecule has 1 unspecified atom stereocenters. The predicted octanol–water partition coefficient (Wildman–Crippen LogP) is 3.81. The molecule has 1 atom stereocenters. The van der Waals surface area contributed by atoms with Gasteiger partial charge in [-0.05, 0) is 55.7 Å². The molecule has 0 spiro atoms. The maximum atomic E-state index is 5.88. The van der Waals surface area contributed by atoms with Crippen molar-refractivity contribution in [3.05, 3.63) is 53.2 Å². The predicted molar refractivity (Wildman–Crippen MR) is 120 cm³/mol. The number of hydrogen-bond donors (Lipinski definition) is 2. The summed E-state index contributed by atoms with van der Waals surface area (Å²) in [7, 11) is 3.43. The second kappa shape index (κ2) is 11.8. The monoisotopic (exact) mass is 484 g/mol. The molecule has 0 aliphatic rings. The van der Waals surface area contributed by atoms with Crippen LogP contribution in [0.15, 0.2) is 41.5 Å². The highest BCUT2D eigenvalue weighted by atomic mass is 127. The van der Waals surface area contributed by atoms with Gasteiger partial charge in [-0.3, -0.25) is 4.99 Å². The summed E-state index contributed by atoms with van der Waals surface area (Å²) in [6.07, 6.45) is 1.75. The molecule has 6 nitrogen and oxygen atoms in total. The standard InChI is InChI=1S/C20H28N4O2.HI/c1-14-6-7-18(10-15(14)2)26-19-11-17(8-9-22-19)12-23-20(21-4)24-16(3)13-25-5;/h6-11,16H,12-13H2,1-5H3,(H2,21,23,24);1H. The van der Waals surface area contributed by atoms with Crippen LogP contribution in [-0.4, -0.2) is 37.7 Å². The Morgan fingerprint density at radius 2 is 1.96 bits per heavy atom. The lowest BCUT2D eigenvalue weighted by Crippen LogP contribution is -2.43. The van der Waals surface area contributed by atoms with Gasteiger partial charge >= 0.3 is 0 Å². The quantitative estimate of drug-likeness (QED) is 0.356. The number of benzene rings is 1. The van der Waals surface area contributed by atoms with Crippen molar-refractivity contribution in [2.75, 3.05) is 20.8 Å². The van der Waals surface area contributed by atoms with Gasteiger partial charge in [-0.1, -0.05) is 6.07 Å². The molecule has 27 heavy (non-hydrogen) atoms. The number of pyridine rings is 1. The zero-order valence-electron chi connectivity index (χ0n) is 16.6.